The van der Waals surface area contributed by atoms with Gasteiger partial charge >= 0.3 is 5.97 Å². The van der Waals surface area contributed by atoms with Crippen LogP contribution in [0.15, 0.2) is 36.5 Å². The van der Waals surface area contributed by atoms with Gasteiger partial charge in [0.25, 0.3) is 0 Å². The van der Waals surface area contributed by atoms with Gasteiger partial charge in [-0.15, -0.1) is 0 Å². The van der Waals surface area contributed by atoms with Crippen molar-refractivity contribution in [2.24, 2.45) is 0 Å². The van der Waals surface area contributed by atoms with Crippen LogP contribution < -0.4 is 4.74 Å². The minimum Gasteiger partial charge on any atom is -0.478 e. The Morgan fingerprint density at radius 2 is 2.17 bits per heavy atom. The number of benzene rings is 1. The largest absolute Gasteiger partial charge is 0.478 e. The van der Waals surface area contributed by atoms with Crippen molar-refractivity contribution in [1.29, 1.82) is 0 Å². The number of carbonyl (C=O) groups is 1. The van der Waals surface area contributed by atoms with Gasteiger partial charge in [0, 0.05) is 17.8 Å². The molecule has 0 atom stereocenters. The highest BCUT2D eigenvalue weighted by Gasteiger charge is 2.09. The van der Waals surface area contributed by atoms with Crippen molar-refractivity contribution in [3.63, 3.8) is 0 Å². The molecule has 2 rings (SSSR count). The minimum absolute atomic E-state index is 0.0825. The lowest BCUT2D eigenvalue weighted by atomic mass is 10.2. The third kappa shape index (κ3) is 2.63. The monoisotopic (exact) mass is 247 g/mol. The summed E-state index contributed by atoms with van der Waals surface area (Å²) in [5, 5.41) is 8.80. The number of hydrogen-bond donors (Lipinski definition) is 1. The average Bonchev–Trinajstić information content (AvgIpc) is 2.31. The number of halogens is 1. The first-order valence-corrected chi connectivity index (χ1v) is 5.19. The Kier molecular flexibility index (Phi) is 3.23. The van der Waals surface area contributed by atoms with Crippen molar-refractivity contribution in [1.82, 2.24) is 4.98 Å². The summed E-state index contributed by atoms with van der Waals surface area (Å²) in [7, 11) is 0. The van der Waals surface area contributed by atoms with Gasteiger partial charge in [-0.1, -0.05) is 6.07 Å². The molecule has 0 aliphatic rings. The van der Waals surface area contributed by atoms with E-state index in [9.17, 15) is 9.18 Å². The molecule has 4 nitrogen and oxygen atoms in total. The second kappa shape index (κ2) is 4.83. The second-order valence-electron chi connectivity index (χ2n) is 3.71. The Hall–Kier alpha value is -2.43. The van der Waals surface area contributed by atoms with Gasteiger partial charge in [-0.2, -0.15) is 0 Å². The number of hydrogen-bond acceptors (Lipinski definition) is 3. The predicted molar refractivity (Wildman–Crippen MR) is 62.4 cm³/mol. The number of pyridine rings is 1. The number of rotatable bonds is 3. The van der Waals surface area contributed by atoms with E-state index in [0.29, 0.717) is 11.3 Å². The SMILES string of the molecule is Cc1cc(C(=O)O)cnc1Oc1cccc(F)c1. The lowest BCUT2D eigenvalue weighted by Gasteiger charge is -2.07. The van der Waals surface area contributed by atoms with E-state index >= 15 is 0 Å². The summed E-state index contributed by atoms with van der Waals surface area (Å²) in [6, 6.07) is 7.10. The molecule has 18 heavy (non-hydrogen) atoms. The highest BCUT2D eigenvalue weighted by molar-refractivity contribution is 5.87. The maximum Gasteiger partial charge on any atom is 0.337 e. The van der Waals surface area contributed by atoms with Crippen LogP contribution in [0.1, 0.15) is 15.9 Å². The van der Waals surface area contributed by atoms with Crippen LogP contribution in [0.5, 0.6) is 11.6 Å². The van der Waals surface area contributed by atoms with Gasteiger partial charge in [-0.05, 0) is 25.1 Å². The molecule has 0 radical (unpaired) electrons. The lowest BCUT2D eigenvalue weighted by molar-refractivity contribution is 0.0696. The molecule has 0 bridgehead atoms. The van der Waals surface area contributed by atoms with Gasteiger partial charge in [0.15, 0.2) is 0 Å². The summed E-state index contributed by atoms with van der Waals surface area (Å²) < 4.78 is 18.3. The summed E-state index contributed by atoms with van der Waals surface area (Å²) in [6.45, 7) is 1.67. The van der Waals surface area contributed by atoms with Crippen LogP contribution in [0.25, 0.3) is 0 Å². The molecule has 1 heterocycles. The number of carboxylic acid groups (broad SMARTS) is 1. The Balaban J connectivity index is 2.27. The fourth-order valence-corrected chi connectivity index (χ4v) is 1.43. The smallest absolute Gasteiger partial charge is 0.337 e. The molecule has 1 aromatic heterocycles. The zero-order chi connectivity index (χ0) is 13.1. The van der Waals surface area contributed by atoms with E-state index in [2.05, 4.69) is 4.98 Å². The van der Waals surface area contributed by atoms with E-state index in [1.165, 1.54) is 30.5 Å². The van der Waals surface area contributed by atoms with E-state index in [1.54, 1.807) is 13.0 Å². The minimum atomic E-state index is -1.05. The van der Waals surface area contributed by atoms with Gasteiger partial charge in [0.2, 0.25) is 5.88 Å². The van der Waals surface area contributed by atoms with Crippen LogP contribution in [0.2, 0.25) is 0 Å². The van der Waals surface area contributed by atoms with Crippen molar-refractivity contribution in [2.45, 2.75) is 6.92 Å². The molecular weight excluding hydrogens is 237 g/mol. The predicted octanol–water partition coefficient (Wildman–Crippen LogP) is 3.02. The second-order valence-corrected chi connectivity index (χ2v) is 3.71. The standard InChI is InChI=1S/C13H10FNO3/c1-8-5-9(13(16)17)7-15-12(8)18-11-4-2-3-10(14)6-11/h2-7H,1H3,(H,16,17). The average molecular weight is 247 g/mol. The van der Waals surface area contributed by atoms with Gasteiger partial charge < -0.3 is 9.84 Å². The third-order valence-corrected chi connectivity index (χ3v) is 2.29. The third-order valence-electron chi connectivity index (χ3n) is 2.29. The zero-order valence-corrected chi connectivity index (χ0v) is 9.55. The van der Waals surface area contributed by atoms with Gasteiger partial charge in [-0.25, -0.2) is 14.2 Å². The maximum absolute atomic E-state index is 13.0. The molecule has 0 unspecified atom stereocenters. The van der Waals surface area contributed by atoms with Crippen molar-refractivity contribution >= 4 is 5.97 Å². The van der Waals surface area contributed by atoms with Crippen molar-refractivity contribution in [2.75, 3.05) is 0 Å². The fourth-order valence-electron chi connectivity index (χ4n) is 1.43. The molecule has 0 fully saturated rings. The van der Waals surface area contributed by atoms with Crippen molar-refractivity contribution in [3.8, 4) is 11.6 Å². The molecule has 0 saturated heterocycles. The van der Waals surface area contributed by atoms with Crippen molar-refractivity contribution < 1.29 is 19.0 Å². The first kappa shape index (κ1) is 12.0. The molecule has 0 spiro atoms. The lowest BCUT2D eigenvalue weighted by Crippen LogP contribution is -2.00. The summed E-state index contributed by atoms with van der Waals surface area (Å²) in [6.07, 6.45) is 1.20. The molecule has 0 saturated carbocycles. The molecule has 0 amide bonds. The molecule has 5 heteroatoms. The molecule has 0 aliphatic carbocycles. The summed E-state index contributed by atoms with van der Waals surface area (Å²) in [4.78, 5) is 14.6. The number of carboxylic acids is 1. The molecule has 0 aliphatic heterocycles. The number of nitrogens with zero attached hydrogens (tertiary/aromatic N) is 1. The summed E-state index contributed by atoms with van der Waals surface area (Å²) in [5.41, 5.74) is 0.651. The molecule has 2 aromatic rings. The van der Waals surface area contributed by atoms with Crippen LogP contribution in [0, 0.1) is 12.7 Å². The molecule has 1 aromatic carbocycles. The number of ether oxygens (including phenoxy) is 1. The van der Waals surface area contributed by atoms with Crippen LogP contribution in [0.4, 0.5) is 4.39 Å². The van der Waals surface area contributed by atoms with Gasteiger partial charge in [-0.3, -0.25) is 0 Å². The quantitative estimate of drug-likeness (QED) is 0.905. The van der Waals surface area contributed by atoms with Gasteiger partial charge in [0.05, 0.1) is 5.56 Å². The highest BCUT2D eigenvalue weighted by Crippen LogP contribution is 2.23. The number of aromatic nitrogens is 1. The van der Waals surface area contributed by atoms with Crippen LogP contribution in [-0.4, -0.2) is 16.1 Å². The van der Waals surface area contributed by atoms with E-state index in [4.69, 9.17) is 9.84 Å². The topological polar surface area (TPSA) is 59.4 Å². The van der Waals surface area contributed by atoms with Crippen LogP contribution >= 0.6 is 0 Å². The van der Waals surface area contributed by atoms with E-state index < -0.39 is 11.8 Å². The maximum atomic E-state index is 13.0. The fraction of sp³-hybridized carbons (Fsp3) is 0.0769. The number of aryl methyl sites for hydroxylation is 1. The molecule has 92 valence electrons. The first-order chi connectivity index (χ1) is 8.56. The Morgan fingerprint density at radius 1 is 1.39 bits per heavy atom. The van der Waals surface area contributed by atoms with E-state index in [1.807, 2.05) is 0 Å². The Labute approximate surface area is 103 Å². The van der Waals surface area contributed by atoms with Gasteiger partial charge in [0.1, 0.15) is 11.6 Å². The zero-order valence-electron chi connectivity index (χ0n) is 9.55. The Morgan fingerprint density at radius 3 is 2.78 bits per heavy atom. The normalized spacial score (nSPS) is 10.1. The highest BCUT2D eigenvalue weighted by atomic mass is 19.1. The van der Waals surface area contributed by atoms with Crippen molar-refractivity contribution in [3.05, 3.63) is 53.5 Å². The van der Waals surface area contributed by atoms with E-state index in [0.717, 1.165) is 0 Å². The molecule has 1 N–H and O–H groups in total. The molecular formula is C13H10FNO3. The summed E-state index contributed by atoms with van der Waals surface area (Å²) >= 11 is 0. The summed E-state index contributed by atoms with van der Waals surface area (Å²) in [5.74, 6) is -0.894. The first-order valence-electron chi connectivity index (χ1n) is 5.19. The Bertz CT molecular complexity index is 599. The van der Waals surface area contributed by atoms with Crippen LogP contribution in [0.3, 0.4) is 0 Å². The van der Waals surface area contributed by atoms with E-state index in [-0.39, 0.29) is 11.4 Å². The number of aromatic carboxylic acids is 1. The van der Waals surface area contributed by atoms with Crippen LogP contribution in [-0.2, 0) is 0 Å².